The van der Waals surface area contributed by atoms with Crippen molar-refractivity contribution in [3.8, 4) is 29.0 Å². The van der Waals surface area contributed by atoms with E-state index in [9.17, 15) is 19.7 Å². The Morgan fingerprint density at radius 3 is 2.61 bits per heavy atom. The van der Waals surface area contributed by atoms with E-state index in [-0.39, 0.29) is 34.9 Å². The van der Waals surface area contributed by atoms with E-state index in [1.54, 1.807) is 30.3 Å². The highest BCUT2D eigenvalue weighted by Gasteiger charge is 2.18. The zero-order valence-electron chi connectivity index (χ0n) is 14.3. The summed E-state index contributed by atoms with van der Waals surface area (Å²) in [5, 5.41) is 18.8. The lowest BCUT2D eigenvalue weighted by molar-refractivity contribution is 0.305. The third kappa shape index (κ3) is 3.73. The molecule has 0 saturated heterocycles. The monoisotopic (exact) mass is 438 g/mol. The standard InChI is InChI=1S/C20H12BrFN4O2/c21-17-5-4-13(22)6-12(17)10-28-14-3-1-2-11(7-14)18-15(8-23)19(25)26-20(27)16(18)9-24/h1-7H,10H2,(H3,25,26,27). The van der Waals surface area contributed by atoms with Gasteiger partial charge in [0.15, 0.2) is 0 Å². The molecule has 0 aliphatic heterocycles. The third-order valence-electron chi connectivity index (χ3n) is 3.99. The summed E-state index contributed by atoms with van der Waals surface area (Å²) in [5.74, 6) is -0.0799. The fourth-order valence-electron chi connectivity index (χ4n) is 2.69. The van der Waals surface area contributed by atoms with Crippen molar-refractivity contribution in [3.05, 3.63) is 79.8 Å². The highest BCUT2D eigenvalue weighted by Crippen LogP contribution is 2.31. The Balaban J connectivity index is 2.01. The highest BCUT2D eigenvalue weighted by atomic mass is 79.9. The molecule has 2 aromatic carbocycles. The average Bonchev–Trinajstić information content (AvgIpc) is 2.68. The van der Waals surface area contributed by atoms with Gasteiger partial charge in [0.25, 0.3) is 5.56 Å². The van der Waals surface area contributed by atoms with Crippen LogP contribution in [0.15, 0.2) is 51.7 Å². The minimum atomic E-state index is -0.677. The van der Waals surface area contributed by atoms with Crippen molar-refractivity contribution in [1.82, 2.24) is 4.98 Å². The van der Waals surface area contributed by atoms with Gasteiger partial charge >= 0.3 is 0 Å². The van der Waals surface area contributed by atoms with Gasteiger partial charge in [-0.3, -0.25) is 4.79 Å². The lowest BCUT2D eigenvalue weighted by atomic mass is 9.96. The Kier molecular flexibility index (Phi) is 5.44. The average molecular weight is 439 g/mol. The maximum Gasteiger partial charge on any atom is 0.268 e. The first-order valence-electron chi connectivity index (χ1n) is 7.97. The van der Waals surface area contributed by atoms with Gasteiger partial charge in [0, 0.05) is 15.6 Å². The molecule has 0 amide bonds. The van der Waals surface area contributed by atoms with Crippen molar-refractivity contribution in [3.63, 3.8) is 0 Å². The SMILES string of the molecule is N#Cc1c(N)[nH]c(=O)c(C#N)c1-c1cccc(OCc2cc(F)ccc2Br)c1. The second kappa shape index (κ2) is 7.95. The minimum absolute atomic E-state index is 0.00109. The van der Waals surface area contributed by atoms with E-state index in [0.717, 1.165) is 0 Å². The van der Waals surface area contributed by atoms with Crippen molar-refractivity contribution >= 4 is 21.7 Å². The molecule has 0 radical (unpaired) electrons. The number of benzene rings is 2. The first-order valence-corrected chi connectivity index (χ1v) is 8.77. The molecule has 8 heteroatoms. The number of nitrogen functional groups attached to an aromatic ring is 1. The van der Waals surface area contributed by atoms with Gasteiger partial charge in [-0.1, -0.05) is 28.1 Å². The first-order chi connectivity index (χ1) is 13.4. The molecule has 28 heavy (non-hydrogen) atoms. The van der Waals surface area contributed by atoms with Gasteiger partial charge in [-0.25, -0.2) is 4.39 Å². The number of nitrogens with zero attached hydrogens (tertiary/aromatic N) is 2. The molecule has 0 aliphatic carbocycles. The van der Waals surface area contributed by atoms with E-state index in [0.29, 0.717) is 21.3 Å². The van der Waals surface area contributed by atoms with Crippen LogP contribution < -0.4 is 16.0 Å². The van der Waals surface area contributed by atoms with Crippen LogP contribution in [-0.2, 0) is 6.61 Å². The molecule has 0 atom stereocenters. The molecule has 1 heterocycles. The smallest absolute Gasteiger partial charge is 0.268 e. The van der Waals surface area contributed by atoms with Crippen LogP contribution >= 0.6 is 15.9 Å². The van der Waals surface area contributed by atoms with Gasteiger partial charge in [0.1, 0.15) is 47.3 Å². The Hall–Kier alpha value is -3.62. The summed E-state index contributed by atoms with van der Waals surface area (Å²) in [7, 11) is 0. The maximum atomic E-state index is 13.4. The normalized spacial score (nSPS) is 10.1. The number of pyridine rings is 1. The summed E-state index contributed by atoms with van der Waals surface area (Å²) in [4.78, 5) is 14.4. The van der Waals surface area contributed by atoms with Crippen LogP contribution in [0, 0.1) is 28.5 Å². The molecular weight excluding hydrogens is 427 g/mol. The van der Waals surface area contributed by atoms with Gasteiger partial charge in [-0.05, 0) is 35.9 Å². The predicted octanol–water partition coefficient (Wildman–Crippen LogP) is 3.85. The molecule has 0 fully saturated rings. The van der Waals surface area contributed by atoms with Crippen molar-refractivity contribution in [2.45, 2.75) is 6.61 Å². The summed E-state index contributed by atoms with van der Waals surface area (Å²) in [5.41, 5.74) is 6.04. The van der Waals surface area contributed by atoms with Gasteiger partial charge in [0.05, 0.1) is 0 Å². The summed E-state index contributed by atoms with van der Waals surface area (Å²) < 4.78 is 19.8. The molecular formula is C20H12BrFN4O2. The largest absolute Gasteiger partial charge is 0.489 e. The Morgan fingerprint density at radius 1 is 1.14 bits per heavy atom. The Bertz CT molecular complexity index is 1210. The molecule has 1 aromatic heterocycles. The molecule has 3 rings (SSSR count). The summed E-state index contributed by atoms with van der Waals surface area (Å²) in [6, 6.07) is 14.6. The fourth-order valence-corrected chi connectivity index (χ4v) is 3.05. The fraction of sp³-hybridized carbons (Fsp3) is 0.0500. The molecule has 0 aliphatic rings. The van der Waals surface area contributed by atoms with Crippen molar-refractivity contribution in [1.29, 1.82) is 10.5 Å². The number of hydrogen-bond donors (Lipinski definition) is 2. The number of rotatable bonds is 4. The first kappa shape index (κ1) is 19.2. The summed E-state index contributed by atoms with van der Waals surface area (Å²) >= 11 is 3.34. The number of nitrogens with two attached hydrogens (primary N) is 1. The second-order valence-electron chi connectivity index (χ2n) is 5.77. The number of ether oxygens (including phenoxy) is 1. The second-order valence-corrected chi connectivity index (χ2v) is 6.62. The van der Waals surface area contributed by atoms with Gasteiger partial charge in [-0.2, -0.15) is 10.5 Å². The van der Waals surface area contributed by atoms with Gasteiger partial charge in [-0.15, -0.1) is 0 Å². The van der Waals surface area contributed by atoms with Crippen LogP contribution in [0.3, 0.4) is 0 Å². The number of H-pyrrole nitrogens is 1. The van der Waals surface area contributed by atoms with E-state index in [1.165, 1.54) is 12.1 Å². The minimum Gasteiger partial charge on any atom is -0.489 e. The van der Waals surface area contributed by atoms with E-state index >= 15 is 0 Å². The molecule has 3 aromatic rings. The molecule has 138 valence electrons. The molecule has 0 saturated carbocycles. The number of nitrogens with one attached hydrogen (secondary N) is 1. The maximum absolute atomic E-state index is 13.4. The molecule has 0 spiro atoms. The number of nitriles is 2. The summed E-state index contributed by atoms with van der Waals surface area (Å²) in [6.07, 6.45) is 0. The van der Waals surface area contributed by atoms with Crippen molar-refractivity contribution in [2.75, 3.05) is 5.73 Å². The number of anilines is 1. The quantitative estimate of drug-likeness (QED) is 0.641. The van der Waals surface area contributed by atoms with Crippen molar-refractivity contribution in [2.24, 2.45) is 0 Å². The number of aromatic amines is 1. The van der Waals surface area contributed by atoms with Crippen LogP contribution in [0.5, 0.6) is 5.75 Å². The zero-order chi connectivity index (χ0) is 20.3. The Labute approximate surface area is 167 Å². The lowest BCUT2D eigenvalue weighted by Crippen LogP contribution is -2.16. The summed E-state index contributed by atoms with van der Waals surface area (Å²) in [6.45, 7) is 0.0928. The van der Waals surface area contributed by atoms with E-state index in [1.807, 2.05) is 12.1 Å². The van der Waals surface area contributed by atoms with Gasteiger partial charge < -0.3 is 15.5 Å². The van der Waals surface area contributed by atoms with Crippen LogP contribution in [0.1, 0.15) is 16.7 Å². The molecule has 3 N–H and O–H groups in total. The number of aromatic nitrogens is 1. The predicted molar refractivity (Wildman–Crippen MR) is 105 cm³/mol. The van der Waals surface area contributed by atoms with Crippen LogP contribution in [0.2, 0.25) is 0 Å². The van der Waals surface area contributed by atoms with Gasteiger partial charge in [0.2, 0.25) is 0 Å². The topological polar surface area (TPSA) is 116 Å². The molecule has 6 nitrogen and oxygen atoms in total. The molecule has 0 unspecified atom stereocenters. The highest BCUT2D eigenvalue weighted by molar-refractivity contribution is 9.10. The van der Waals surface area contributed by atoms with Crippen LogP contribution in [0.4, 0.5) is 10.2 Å². The Morgan fingerprint density at radius 2 is 1.89 bits per heavy atom. The number of halogens is 2. The van der Waals surface area contributed by atoms with Crippen LogP contribution in [0.25, 0.3) is 11.1 Å². The van der Waals surface area contributed by atoms with E-state index in [2.05, 4.69) is 20.9 Å². The van der Waals surface area contributed by atoms with E-state index in [4.69, 9.17) is 10.5 Å². The van der Waals surface area contributed by atoms with Crippen LogP contribution in [-0.4, -0.2) is 4.98 Å². The zero-order valence-corrected chi connectivity index (χ0v) is 15.9. The molecule has 0 bridgehead atoms. The number of hydrogen-bond acceptors (Lipinski definition) is 5. The van der Waals surface area contributed by atoms with E-state index < -0.39 is 5.56 Å². The van der Waals surface area contributed by atoms with Crippen molar-refractivity contribution < 1.29 is 9.13 Å². The third-order valence-corrected chi connectivity index (χ3v) is 4.77. The lowest BCUT2D eigenvalue weighted by Gasteiger charge is -2.12.